The van der Waals surface area contributed by atoms with Gasteiger partial charge in [0.1, 0.15) is 11.5 Å². The number of hydrogen-bond acceptors (Lipinski definition) is 5. The Balaban J connectivity index is 1.29. The summed E-state index contributed by atoms with van der Waals surface area (Å²) in [5, 5.41) is 0.778. The normalized spacial score (nSPS) is 15.4. The fourth-order valence-electron chi connectivity index (χ4n) is 4.80. The van der Waals surface area contributed by atoms with Gasteiger partial charge >= 0.3 is 0 Å². The standard InChI is InChI=1S/C31H29Cl2N3O4S/c1-35(24-17-18-36(21-24)20-22-7-3-2-4-8-22)31(37)27-19-23(32)11-16-29(27)34-41(38,39)26-14-12-25(13-15-26)40-30-10-6-5-9-28(30)33/h2-16,19,24,34H,17-18,20-21H2,1H3/t24-/m0/s1. The molecule has 1 atom stereocenters. The molecule has 0 saturated carbocycles. The van der Waals surface area contributed by atoms with Crippen molar-refractivity contribution >= 4 is 44.8 Å². The van der Waals surface area contributed by atoms with E-state index in [1.54, 1.807) is 54.4 Å². The topological polar surface area (TPSA) is 79.0 Å². The lowest BCUT2D eigenvalue weighted by Crippen LogP contribution is -2.39. The molecular formula is C31H29Cl2N3O4S. The van der Waals surface area contributed by atoms with Crippen LogP contribution in [0.3, 0.4) is 0 Å². The predicted octanol–water partition coefficient (Wildman–Crippen LogP) is 6.93. The van der Waals surface area contributed by atoms with Crippen molar-refractivity contribution in [3.8, 4) is 11.5 Å². The molecule has 1 amide bonds. The fraction of sp³-hybridized carbons (Fsp3) is 0.194. The van der Waals surface area contributed by atoms with Crippen molar-refractivity contribution in [3.63, 3.8) is 0 Å². The fourth-order valence-corrected chi connectivity index (χ4v) is 6.22. The summed E-state index contributed by atoms with van der Waals surface area (Å²) in [6.07, 6.45) is 0.819. The number of nitrogens with zero attached hydrogens (tertiary/aromatic N) is 2. The van der Waals surface area contributed by atoms with E-state index < -0.39 is 10.0 Å². The molecule has 1 N–H and O–H groups in total. The van der Waals surface area contributed by atoms with E-state index in [0.29, 0.717) is 21.5 Å². The molecule has 212 valence electrons. The van der Waals surface area contributed by atoms with E-state index in [1.165, 1.54) is 29.8 Å². The number of para-hydroxylation sites is 1. The number of anilines is 1. The second-order valence-corrected chi connectivity index (χ2v) is 12.4. The molecule has 41 heavy (non-hydrogen) atoms. The van der Waals surface area contributed by atoms with Crippen LogP contribution in [0.5, 0.6) is 11.5 Å². The number of sulfonamides is 1. The zero-order valence-electron chi connectivity index (χ0n) is 22.3. The van der Waals surface area contributed by atoms with Crippen molar-refractivity contribution in [2.24, 2.45) is 0 Å². The number of carbonyl (C=O) groups excluding carboxylic acids is 1. The van der Waals surface area contributed by atoms with Crippen molar-refractivity contribution in [1.29, 1.82) is 0 Å². The molecule has 0 radical (unpaired) electrons. The Bertz CT molecular complexity index is 1630. The molecule has 0 unspecified atom stereocenters. The number of likely N-dealkylation sites (tertiary alicyclic amines) is 1. The van der Waals surface area contributed by atoms with Gasteiger partial charge in [-0.25, -0.2) is 8.42 Å². The van der Waals surface area contributed by atoms with E-state index >= 15 is 0 Å². The first-order valence-corrected chi connectivity index (χ1v) is 15.3. The van der Waals surface area contributed by atoms with Crippen molar-refractivity contribution in [2.75, 3.05) is 24.9 Å². The predicted molar refractivity (Wildman–Crippen MR) is 162 cm³/mol. The summed E-state index contributed by atoms with van der Waals surface area (Å²) in [5.41, 5.74) is 1.56. The van der Waals surface area contributed by atoms with Crippen LogP contribution in [0, 0.1) is 0 Å². The van der Waals surface area contributed by atoms with Crippen LogP contribution in [0.2, 0.25) is 10.0 Å². The van der Waals surface area contributed by atoms with Gasteiger partial charge in [0.25, 0.3) is 15.9 Å². The van der Waals surface area contributed by atoms with Gasteiger partial charge in [-0.2, -0.15) is 0 Å². The number of rotatable bonds is 9. The van der Waals surface area contributed by atoms with Gasteiger partial charge < -0.3 is 9.64 Å². The highest BCUT2D eigenvalue weighted by atomic mass is 35.5. The molecular weight excluding hydrogens is 581 g/mol. The number of halogens is 2. The van der Waals surface area contributed by atoms with E-state index in [0.717, 1.165) is 26.1 Å². The van der Waals surface area contributed by atoms with E-state index in [-0.39, 0.29) is 28.1 Å². The maximum absolute atomic E-state index is 13.6. The number of ether oxygens (including phenoxy) is 1. The lowest BCUT2D eigenvalue weighted by atomic mass is 10.1. The monoisotopic (exact) mass is 609 g/mol. The van der Waals surface area contributed by atoms with Gasteiger partial charge in [0.2, 0.25) is 0 Å². The third kappa shape index (κ3) is 7.02. The SMILES string of the molecule is CN(C(=O)c1cc(Cl)ccc1NS(=O)(=O)c1ccc(Oc2ccccc2Cl)cc1)[C@H]1CCN(Cc2ccccc2)C1. The number of carbonyl (C=O) groups is 1. The van der Waals surface area contributed by atoms with Crippen LogP contribution in [0.25, 0.3) is 0 Å². The van der Waals surface area contributed by atoms with E-state index in [9.17, 15) is 13.2 Å². The van der Waals surface area contributed by atoms with Crippen LogP contribution in [0.1, 0.15) is 22.3 Å². The summed E-state index contributed by atoms with van der Waals surface area (Å²) in [6, 6.07) is 27.7. The average molecular weight is 611 g/mol. The summed E-state index contributed by atoms with van der Waals surface area (Å²) in [7, 11) is -2.28. The second kappa shape index (κ2) is 12.5. The van der Waals surface area contributed by atoms with Crippen molar-refractivity contribution in [1.82, 2.24) is 9.80 Å². The third-order valence-corrected chi connectivity index (χ3v) is 8.95. The molecule has 0 aliphatic carbocycles. The van der Waals surface area contributed by atoms with Gasteiger partial charge in [-0.3, -0.25) is 14.4 Å². The van der Waals surface area contributed by atoms with Crippen LogP contribution in [-0.4, -0.2) is 50.3 Å². The summed E-state index contributed by atoms with van der Waals surface area (Å²) in [5.74, 6) is 0.584. The smallest absolute Gasteiger partial charge is 0.261 e. The first-order chi connectivity index (χ1) is 19.7. The van der Waals surface area contributed by atoms with Crippen molar-refractivity contribution in [2.45, 2.75) is 23.9 Å². The minimum Gasteiger partial charge on any atom is -0.456 e. The van der Waals surface area contributed by atoms with Crippen LogP contribution in [0.4, 0.5) is 5.69 Å². The summed E-state index contributed by atoms with van der Waals surface area (Å²) in [6.45, 7) is 2.40. The number of likely N-dealkylation sites (N-methyl/N-ethyl adjacent to an activating group) is 1. The third-order valence-electron chi connectivity index (χ3n) is 7.02. The van der Waals surface area contributed by atoms with Gasteiger partial charge in [0.05, 0.1) is 21.2 Å². The lowest BCUT2D eigenvalue weighted by molar-refractivity contribution is 0.0736. The minimum atomic E-state index is -4.02. The number of nitrogens with one attached hydrogen (secondary N) is 1. The Kier molecular flexibility index (Phi) is 8.85. The second-order valence-electron chi connectivity index (χ2n) is 9.88. The average Bonchev–Trinajstić information content (AvgIpc) is 3.43. The summed E-state index contributed by atoms with van der Waals surface area (Å²) >= 11 is 12.4. The highest BCUT2D eigenvalue weighted by molar-refractivity contribution is 7.92. The van der Waals surface area contributed by atoms with E-state index in [2.05, 4.69) is 21.8 Å². The highest BCUT2D eigenvalue weighted by Crippen LogP contribution is 2.31. The van der Waals surface area contributed by atoms with Crippen LogP contribution < -0.4 is 9.46 Å². The van der Waals surface area contributed by atoms with Crippen LogP contribution in [0.15, 0.2) is 102 Å². The maximum atomic E-state index is 13.6. The Labute approximate surface area is 250 Å². The molecule has 1 heterocycles. The summed E-state index contributed by atoms with van der Waals surface area (Å²) < 4.78 is 34.9. The van der Waals surface area contributed by atoms with E-state index in [1.807, 2.05) is 18.2 Å². The minimum absolute atomic E-state index is 0.0121. The van der Waals surface area contributed by atoms with Crippen molar-refractivity contribution < 1.29 is 17.9 Å². The van der Waals surface area contributed by atoms with Gasteiger partial charge in [-0.05, 0) is 66.6 Å². The number of hydrogen-bond donors (Lipinski definition) is 1. The molecule has 1 fully saturated rings. The molecule has 7 nitrogen and oxygen atoms in total. The first-order valence-electron chi connectivity index (χ1n) is 13.1. The van der Waals surface area contributed by atoms with Crippen molar-refractivity contribution in [3.05, 3.63) is 118 Å². The maximum Gasteiger partial charge on any atom is 0.261 e. The molecule has 10 heteroatoms. The molecule has 0 aromatic heterocycles. The highest BCUT2D eigenvalue weighted by Gasteiger charge is 2.30. The number of benzene rings is 4. The molecule has 1 aliphatic heterocycles. The quantitative estimate of drug-likeness (QED) is 0.222. The van der Waals surface area contributed by atoms with Gasteiger partial charge in [0.15, 0.2) is 0 Å². The lowest BCUT2D eigenvalue weighted by Gasteiger charge is -2.26. The largest absolute Gasteiger partial charge is 0.456 e. The zero-order valence-corrected chi connectivity index (χ0v) is 24.7. The Morgan fingerprint density at radius 2 is 1.68 bits per heavy atom. The molecule has 1 saturated heterocycles. The zero-order chi connectivity index (χ0) is 29.0. The van der Waals surface area contributed by atoms with Crippen LogP contribution in [-0.2, 0) is 16.6 Å². The van der Waals surface area contributed by atoms with Gasteiger partial charge in [-0.15, -0.1) is 0 Å². The van der Waals surface area contributed by atoms with Gasteiger partial charge in [0, 0.05) is 37.7 Å². The molecule has 5 rings (SSSR count). The van der Waals surface area contributed by atoms with Crippen LogP contribution >= 0.6 is 23.2 Å². The Morgan fingerprint density at radius 1 is 0.976 bits per heavy atom. The molecule has 0 spiro atoms. The Hall–Kier alpha value is -3.56. The molecule has 4 aromatic rings. The first kappa shape index (κ1) is 29.0. The molecule has 4 aromatic carbocycles. The molecule has 0 bridgehead atoms. The Morgan fingerprint density at radius 3 is 2.41 bits per heavy atom. The number of amides is 1. The van der Waals surface area contributed by atoms with E-state index in [4.69, 9.17) is 27.9 Å². The van der Waals surface area contributed by atoms with Gasteiger partial charge in [-0.1, -0.05) is 65.7 Å². The molecule has 1 aliphatic rings. The summed E-state index contributed by atoms with van der Waals surface area (Å²) in [4.78, 5) is 17.6.